The lowest BCUT2D eigenvalue weighted by Crippen LogP contribution is -2.33. The minimum Gasteiger partial charge on any atom is -0.314 e. The van der Waals surface area contributed by atoms with Crippen molar-refractivity contribution in [1.29, 1.82) is 0 Å². The van der Waals surface area contributed by atoms with Crippen LogP contribution in [0.1, 0.15) is 31.7 Å². The van der Waals surface area contributed by atoms with E-state index in [0.29, 0.717) is 12.1 Å². The summed E-state index contributed by atoms with van der Waals surface area (Å²) in [5.41, 5.74) is 0.341. The molecule has 114 valence electrons. The maximum atomic E-state index is 13.8. The number of benzene rings is 1. The van der Waals surface area contributed by atoms with Crippen molar-refractivity contribution in [1.82, 2.24) is 5.32 Å². The van der Waals surface area contributed by atoms with Crippen LogP contribution in [0, 0.1) is 5.82 Å². The maximum absolute atomic E-state index is 13.8. The summed E-state index contributed by atoms with van der Waals surface area (Å²) in [6.45, 7) is 2.53. The van der Waals surface area contributed by atoms with Crippen LogP contribution < -0.4 is 5.32 Å². The van der Waals surface area contributed by atoms with Crippen LogP contribution in [0.15, 0.2) is 18.2 Å². The summed E-state index contributed by atoms with van der Waals surface area (Å²) in [6.07, 6.45) is -4.14. The summed E-state index contributed by atoms with van der Waals surface area (Å²) in [6, 6.07) is 4.16. The van der Waals surface area contributed by atoms with E-state index in [4.69, 9.17) is 11.6 Å². The Labute approximate surface area is 121 Å². The monoisotopic (exact) mass is 311 g/mol. The van der Waals surface area contributed by atoms with Gasteiger partial charge in [-0.05, 0) is 37.4 Å². The van der Waals surface area contributed by atoms with E-state index in [9.17, 15) is 17.6 Å². The van der Waals surface area contributed by atoms with E-state index < -0.39 is 24.5 Å². The van der Waals surface area contributed by atoms with Gasteiger partial charge in [-0.3, -0.25) is 0 Å². The molecule has 0 saturated heterocycles. The third kappa shape index (κ3) is 6.09. The third-order valence-corrected chi connectivity index (χ3v) is 3.25. The highest BCUT2D eigenvalue weighted by molar-refractivity contribution is 6.30. The zero-order valence-electron chi connectivity index (χ0n) is 11.2. The standard InChI is InChI=1S/C14H18ClF4N/c1-2-8-20-11(6-7-14(17,18)19)9-10-4-3-5-12(15)13(10)16/h3-5,11,20H,2,6-9H2,1H3. The topological polar surface area (TPSA) is 12.0 Å². The number of hydrogen-bond acceptors (Lipinski definition) is 1. The SMILES string of the molecule is CCCNC(CCC(F)(F)F)Cc1cccc(Cl)c1F. The molecule has 1 nitrogen and oxygen atoms in total. The van der Waals surface area contributed by atoms with Gasteiger partial charge in [0.2, 0.25) is 0 Å². The van der Waals surface area contributed by atoms with Gasteiger partial charge >= 0.3 is 6.18 Å². The fourth-order valence-electron chi connectivity index (χ4n) is 1.93. The second-order valence-corrected chi connectivity index (χ2v) is 5.13. The second kappa shape index (κ2) is 7.84. The van der Waals surface area contributed by atoms with Gasteiger partial charge in [0, 0.05) is 12.5 Å². The molecule has 1 aromatic rings. The number of hydrogen-bond donors (Lipinski definition) is 1. The highest BCUT2D eigenvalue weighted by Crippen LogP contribution is 2.24. The highest BCUT2D eigenvalue weighted by atomic mass is 35.5. The molecule has 0 aliphatic carbocycles. The molecule has 0 amide bonds. The van der Waals surface area contributed by atoms with Crippen molar-refractivity contribution in [3.63, 3.8) is 0 Å². The second-order valence-electron chi connectivity index (χ2n) is 4.72. The predicted octanol–water partition coefficient (Wildman–Crippen LogP) is 4.73. The van der Waals surface area contributed by atoms with Crippen molar-refractivity contribution in [2.45, 2.75) is 44.8 Å². The molecule has 1 rings (SSSR count). The average Bonchev–Trinajstić information content (AvgIpc) is 2.37. The van der Waals surface area contributed by atoms with E-state index in [2.05, 4.69) is 5.32 Å². The summed E-state index contributed by atoms with van der Waals surface area (Å²) in [5.74, 6) is -0.551. The number of rotatable bonds is 7. The van der Waals surface area contributed by atoms with Crippen LogP contribution in [0.5, 0.6) is 0 Å². The van der Waals surface area contributed by atoms with Crippen molar-refractivity contribution in [2.75, 3.05) is 6.54 Å². The maximum Gasteiger partial charge on any atom is 0.389 e. The van der Waals surface area contributed by atoms with Gasteiger partial charge in [0.05, 0.1) is 5.02 Å². The summed E-state index contributed by atoms with van der Waals surface area (Å²) < 4.78 is 50.7. The van der Waals surface area contributed by atoms with E-state index in [1.165, 1.54) is 6.07 Å². The molecule has 1 unspecified atom stereocenters. The number of halogens is 5. The molecule has 0 fully saturated rings. The van der Waals surface area contributed by atoms with Gasteiger partial charge in [0.15, 0.2) is 0 Å². The lowest BCUT2D eigenvalue weighted by molar-refractivity contribution is -0.136. The minimum absolute atomic E-state index is 0.00689. The van der Waals surface area contributed by atoms with Gasteiger partial charge < -0.3 is 5.32 Å². The fourth-order valence-corrected chi connectivity index (χ4v) is 2.13. The first kappa shape index (κ1) is 17.2. The van der Waals surface area contributed by atoms with E-state index in [0.717, 1.165) is 6.42 Å². The molecule has 20 heavy (non-hydrogen) atoms. The van der Waals surface area contributed by atoms with Crippen LogP contribution >= 0.6 is 11.6 Å². The normalized spacial score (nSPS) is 13.5. The third-order valence-electron chi connectivity index (χ3n) is 2.96. The summed E-state index contributed by atoms with van der Waals surface area (Å²) in [7, 11) is 0. The van der Waals surface area contributed by atoms with Crippen molar-refractivity contribution in [2.24, 2.45) is 0 Å². The molecule has 0 aliphatic heterocycles. The molecule has 6 heteroatoms. The number of nitrogens with one attached hydrogen (secondary N) is 1. The largest absolute Gasteiger partial charge is 0.389 e. The van der Waals surface area contributed by atoms with Crippen LogP contribution in [0.2, 0.25) is 5.02 Å². The van der Waals surface area contributed by atoms with Gasteiger partial charge in [0.25, 0.3) is 0 Å². The lowest BCUT2D eigenvalue weighted by atomic mass is 10.0. The molecular weight excluding hydrogens is 294 g/mol. The molecule has 0 aliphatic rings. The molecule has 1 N–H and O–H groups in total. The summed E-state index contributed by atoms with van der Waals surface area (Å²) in [5, 5.41) is 3.02. The predicted molar refractivity (Wildman–Crippen MR) is 72.5 cm³/mol. The smallest absolute Gasteiger partial charge is 0.314 e. The zero-order chi connectivity index (χ0) is 15.2. The van der Waals surface area contributed by atoms with Crippen LogP contribution in [0.4, 0.5) is 17.6 Å². The van der Waals surface area contributed by atoms with E-state index >= 15 is 0 Å². The number of alkyl halides is 3. The molecule has 1 atom stereocenters. The molecule has 0 heterocycles. The summed E-state index contributed by atoms with van der Waals surface area (Å²) in [4.78, 5) is 0. The highest BCUT2D eigenvalue weighted by Gasteiger charge is 2.28. The Balaban J connectivity index is 2.70. The summed E-state index contributed by atoms with van der Waals surface area (Å²) >= 11 is 5.68. The molecular formula is C14H18ClF4N. The molecule has 0 aromatic heterocycles. The van der Waals surface area contributed by atoms with Gasteiger partial charge in [-0.15, -0.1) is 0 Å². The Kier molecular flexibility index (Phi) is 6.76. The zero-order valence-corrected chi connectivity index (χ0v) is 12.0. The Hall–Kier alpha value is -0.810. The van der Waals surface area contributed by atoms with Crippen molar-refractivity contribution < 1.29 is 17.6 Å². The first-order valence-electron chi connectivity index (χ1n) is 6.56. The van der Waals surface area contributed by atoms with Crippen molar-refractivity contribution in [3.8, 4) is 0 Å². The quantitative estimate of drug-likeness (QED) is 0.718. The van der Waals surface area contributed by atoms with Crippen LogP contribution in [-0.4, -0.2) is 18.8 Å². The first-order chi connectivity index (χ1) is 9.33. The molecule has 1 aromatic carbocycles. The van der Waals surface area contributed by atoms with Gasteiger partial charge in [-0.25, -0.2) is 4.39 Å². The Morgan fingerprint density at radius 1 is 1.30 bits per heavy atom. The Bertz CT molecular complexity index is 420. The van der Waals surface area contributed by atoms with Gasteiger partial charge in [-0.2, -0.15) is 13.2 Å². The van der Waals surface area contributed by atoms with Crippen LogP contribution in [0.25, 0.3) is 0 Å². The van der Waals surface area contributed by atoms with Crippen LogP contribution in [0.3, 0.4) is 0 Å². The Morgan fingerprint density at radius 2 is 2.00 bits per heavy atom. The van der Waals surface area contributed by atoms with E-state index in [1.54, 1.807) is 12.1 Å². The van der Waals surface area contributed by atoms with E-state index in [1.807, 2.05) is 6.92 Å². The fraction of sp³-hybridized carbons (Fsp3) is 0.571. The average molecular weight is 312 g/mol. The van der Waals surface area contributed by atoms with Crippen molar-refractivity contribution in [3.05, 3.63) is 34.6 Å². The minimum atomic E-state index is -4.20. The first-order valence-corrected chi connectivity index (χ1v) is 6.94. The molecule has 0 saturated carbocycles. The molecule has 0 bridgehead atoms. The Morgan fingerprint density at radius 3 is 2.60 bits per heavy atom. The van der Waals surface area contributed by atoms with Gasteiger partial charge in [0.1, 0.15) is 5.82 Å². The lowest BCUT2D eigenvalue weighted by Gasteiger charge is -2.20. The van der Waals surface area contributed by atoms with Crippen LogP contribution in [-0.2, 0) is 6.42 Å². The molecule has 0 radical (unpaired) electrons. The van der Waals surface area contributed by atoms with Gasteiger partial charge in [-0.1, -0.05) is 30.7 Å². The van der Waals surface area contributed by atoms with Crippen molar-refractivity contribution >= 4 is 11.6 Å². The van der Waals surface area contributed by atoms with E-state index in [-0.39, 0.29) is 17.9 Å². The molecule has 0 spiro atoms.